The highest BCUT2D eigenvalue weighted by atomic mass is 32.2. The summed E-state index contributed by atoms with van der Waals surface area (Å²) in [6, 6.07) is 10.4. The molecule has 1 aromatic carbocycles. The maximum atomic E-state index is 11.7. The molecule has 1 saturated heterocycles. The molecule has 0 unspecified atom stereocenters. The lowest BCUT2D eigenvalue weighted by molar-refractivity contribution is -0.127. The van der Waals surface area contributed by atoms with E-state index in [9.17, 15) is 4.79 Å². The topological polar surface area (TPSA) is 51.0 Å². The minimum atomic E-state index is 0.309. The molecular weight excluding hydrogens is 320 g/mol. The number of rotatable bonds is 7. The predicted molar refractivity (Wildman–Crippen MR) is 94.5 cm³/mol. The fraction of sp³-hybridized carbons (Fsp3) is 0.500. The van der Waals surface area contributed by atoms with Gasteiger partial charge in [0.05, 0.1) is 0 Å². The van der Waals surface area contributed by atoms with Crippen molar-refractivity contribution in [2.75, 3.05) is 18.8 Å². The molecule has 2 aromatic rings. The Balaban J connectivity index is 1.42. The summed E-state index contributed by atoms with van der Waals surface area (Å²) in [6.07, 6.45) is 5.16. The summed E-state index contributed by atoms with van der Waals surface area (Å²) in [5.74, 6) is 2.93. The summed E-state index contributed by atoms with van der Waals surface area (Å²) in [5, 5.41) is 9.85. The quantitative estimate of drug-likeness (QED) is 0.572. The molecule has 5 nitrogen and oxygen atoms in total. The summed E-state index contributed by atoms with van der Waals surface area (Å²) in [4.78, 5) is 13.6. The number of amides is 1. The van der Waals surface area contributed by atoms with Crippen LogP contribution in [-0.4, -0.2) is 44.4 Å². The molecule has 2 aliphatic rings. The Labute approximate surface area is 146 Å². The molecule has 6 heteroatoms. The van der Waals surface area contributed by atoms with E-state index in [1.54, 1.807) is 11.8 Å². The van der Waals surface area contributed by atoms with Crippen molar-refractivity contribution in [1.29, 1.82) is 0 Å². The maximum absolute atomic E-state index is 11.7. The van der Waals surface area contributed by atoms with Crippen molar-refractivity contribution in [2.45, 2.75) is 43.2 Å². The minimum absolute atomic E-state index is 0.309. The van der Waals surface area contributed by atoms with Crippen LogP contribution in [0.25, 0.3) is 5.69 Å². The molecule has 2 fully saturated rings. The third-order valence-corrected chi connectivity index (χ3v) is 5.61. The fourth-order valence-corrected chi connectivity index (χ4v) is 4.04. The van der Waals surface area contributed by atoms with Gasteiger partial charge >= 0.3 is 0 Å². The number of thioether (sulfide) groups is 1. The second-order valence-corrected chi connectivity index (χ2v) is 7.53. The average molecular weight is 342 g/mol. The zero-order valence-corrected chi connectivity index (χ0v) is 14.5. The van der Waals surface area contributed by atoms with E-state index in [1.807, 2.05) is 11.0 Å². The van der Waals surface area contributed by atoms with Crippen molar-refractivity contribution in [3.8, 4) is 5.69 Å². The van der Waals surface area contributed by atoms with E-state index in [4.69, 9.17) is 0 Å². The number of hydrogen-bond donors (Lipinski definition) is 0. The molecule has 1 amide bonds. The van der Waals surface area contributed by atoms with Gasteiger partial charge in [0.15, 0.2) is 5.16 Å². The Hall–Kier alpha value is -1.82. The highest BCUT2D eigenvalue weighted by molar-refractivity contribution is 7.99. The first kappa shape index (κ1) is 15.7. The molecule has 24 heavy (non-hydrogen) atoms. The number of benzene rings is 1. The van der Waals surface area contributed by atoms with Gasteiger partial charge in [0.1, 0.15) is 5.82 Å². The van der Waals surface area contributed by atoms with Crippen LogP contribution in [0.15, 0.2) is 35.5 Å². The van der Waals surface area contributed by atoms with Crippen LogP contribution in [0.1, 0.15) is 43.8 Å². The first-order valence-electron chi connectivity index (χ1n) is 8.74. The van der Waals surface area contributed by atoms with Crippen molar-refractivity contribution >= 4 is 17.7 Å². The van der Waals surface area contributed by atoms with Gasteiger partial charge in [0.25, 0.3) is 0 Å². The zero-order valence-electron chi connectivity index (χ0n) is 13.7. The van der Waals surface area contributed by atoms with Crippen LogP contribution in [0.4, 0.5) is 0 Å². The van der Waals surface area contributed by atoms with Gasteiger partial charge in [-0.15, -0.1) is 10.2 Å². The first-order valence-corrected chi connectivity index (χ1v) is 9.73. The van der Waals surface area contributed by atoms with E-state index >= 15 is 0 Å². The zero-order chi connectivity index (χ0) is 16.4. The summed E-state index contributed by atoms with van der Waals surface area (Å²) >= 11 is 1.74. The van der Waals surface area contributed by atoms with Gasteiger partial charge in [-0.1, -0.05) is 30.0 Å². The van der Waals surface area contributed by atoms with Crippen molar-refractivity contribution in [1.82, 2.24) is 19.7 Å². The van der Waals surface area contributed by atoms with E-state index < -0.39 is 0 Å². The normalized spacial score (nSPS) is 17.7. The highest BCUT2D eigenvalue weighted by Gasteiger charge is 2.31. The first-order chi connectivity index (χ1) is 11.8. The molecule has 1 aromatic heterocycles. The largest absolute Gasteiger partial charge is 0.343 e. The number of carbonyl (C=O) groups excluding carboxylic acids is 1. The van der Waals surface area contributed by atoms with E-state index in [-0.39, 0.29) is 0 Å². The smallest absolute Gasteiger partial charge is 0.222 e. The second kappa shape index (κ2) is 6.97. The lowest BCUT2D eigenvalue weighted by Crippen LogP contribution is -2.25. The van der Waals surface area contributed by atoms with Gasteiger partial charge < -0.3 is 4.90 Å². The highest BCUT2D eigenvalue weighted by Crippen LogP contribution is 2.41. The Morgan fingerprint density at radius 3 is 2.71 bits per heavy atom. The molecule has 1 saturated carbocycles. The number of para-hydroxylation sites is 1. The van der Waals surface area contributed by atoms with Gasteiger partial charge in [-0.2, -0.15) is 0 Å². The molecule has 2 heterocycles. The Morgan fingerprint density at radius 1 is 1.17 bits per heavy atom. The third kappa shape index (κ3) is 3.34. The van der Waals surface area contributed by atoms with Crippen molar-refractivity contribution in [3.05, 3.63) is 36.2 Å². The number of likely N-dealkylation sites (tertiary alicyclic amines) is 1. The SMILES string of the molecule is O=C1CCCN1CCCSc1nnc(C2CC2)n1-c1ccccc1. The third-order valence-electron chi connectivity index (χ3n) is 4.59. The van der Waals surface area contributed by atoms with Crippen LogP contribution in [0.5, 0.6) is 0 Å². The molecule has 1 aliphatic carbocycles. The van der Waals surface area contributed by atoms with Crippen molar-refractivity contribution < 1.29 is 4.79 Å². The van der Waals surface area contributed by atoms with Gasteiger partial charge in [-0.25, -0.2) is 0 Å². The minimum Gasteiger partial charge on any atom is -0.343 e. The molecule has 0 N–H and O–H groups in total. The van der Waals surface area contributed by atoms with Crippen LogP contribution in [-0.2, 0) is 4.79 Å². The molecule has 126 valence electrons. The standard InChI is InChI=1S/C18H22N4OS/c23-16-8-4-11-21(16)12-5-13-24-18-20-19-17(14-9-10-14)22(18)15-6-2-1-3-7-15/h1-3,6-7,14H,4-5,8-13H2. The van der Waals surface area contributed by atoms with E-state index in [0.717, 1.165) is 54.8 Å². The lowest BCUT2D eigenvalue weighted by atomic mass is 10.3. The van der Waals surface area contributed by atoms with Crippen LogP contribution < -0.4 is 0 Å². The monoisotopic (exact) mass is 342 g/mol. The van der Waals surface area contributed by atoms with Crippen LogP contribution >= 0.6 is 11.8 Å². The molecule has 4 rings (SSSR count). The number of nitrogens with zero attached hydrogens (tertiary/aromatic N) is 4. The lowest BCUT2D eigenvalue weighted by Gasteiger charge is -2.15. The summed E-state index contributed by atoms with van der Waals surface area (Å²) in [7, 11) is 0. The summed E-state index contributed by atoms with van der Waals surface area (Å²) < 4.78 is 2.21. The molecule has 0 atom stereocenters. The molecule has 0 spiro atoms. The Kier molecular flexibility index (Phi) is 4.56. The van der Waals surface area contributed by atoms with Gasteiger partial charge in [-0.3, -0.25) is 9.36 Å². The summed E-state index contributed by atoms with van der Waals surface area (Å²) in [5.41, 5.74) is 1.14. The molecule has 0 bridgehead atoms. The van der Waals surface area contributed by atoms with Gasteiger partial charge in [0.2, 0.25) is 5.91 Å². The van der Waals surface area contributed by atoms with Crippen molar-refractivity contribution in [2.24, 2.45) is 0 Å². The average Bonchev–Trinajstić information content (AvgIpc) is 3.24. The van der Waals surface area contributed by atoms with Crippen LogP contribution in [0, 0.1) is 0 Å². The summed E-state index contributed by atoms with van der Waals surface area (Å²) in [6.45, 7) is 1.79. The molecular formula is C18H22N4OS. The van der Waals surface area contributed by atoms with E-state index in [0.29, 0.717) is 11.8 Å². The molecule has 0 radical (unpaired) electrons. The number of aromatic nitrogens is 3. The van der Waals surface area contributed by atoms with Gasteiger partial charge in [-0.05, 0) is 37.8 Å². The van der Waals surface area contributed by atoms with Gasteiger partial charge in [0, 0.05) is 36.9 Å². The molecule has 1 aliphatic heterocycles. The van der Waals surface area contributed by atoms with Crippen LogP contribution in [0.2, 0.25) is 0 Å². The number of hydrogen-bond acceptors (Lipinski definition) is 4. The second-order valence-electron chi connectivity index (χ2n) is 6.47. The maximum Gasteiger partial charge on any atom is 0.222 e. The Bertz CT molecular complexity index is 711. The fourth-order valence-electron chi connectivity index (χ4n) is 3.16. The predicted octanol–water partition coefficient (Wildman–Crippen LogP) is 3.25. The van der Waals surface area contributed by atoms with Crippen molar-refractivity contribution in [3.63, 3.8) is 0 Å². The van der Waals surface area contributed by atoms with E-state index in [2.05, 4.69) is 39.0 Å². The van der Waals surface area contributed by atoms with E-state index in [1.165, 1.54) is 12.8 Å². The number of carbonyl (C=O) groups is 1. The Morgan fingerprint density at radius 2 is 2.00 bits per heavy atom. The van der Waals surface area contributed by atoms with Crippen LogP contribution in [0.3, 0.4) is 0 Å².